The van der Waals surface area contributed by atoms with Crippen molar-refractivity contribution in [2.24, 2.45) is 21.5 Å². The Morgan fingerprint density at radius 1 is 1.12 bits per heavy atom. The summed E-state index contributed by atoms with van der Waals surface area (Å²) in [6.45, 7) is 3.88. The molecule has 0 saturated heterocycles. The number of hydrogen-bond acceptors (Lipinski definition) is 5. The lowest BCUT2D eigenvalue weighted by Gasteiger charge is -2.38. The van der Waals surface area contributed by atoms with Gasteiger partial charge in [0, 0.05) is 5.69 Å². The minimum atomic E-state index is -0.517. The van der Waals surface area contributed by atoms with Crippen LogP contribution in [0.3, 0.4) is 0 Å². The number of guanidine groups is 2. The Morgan fingerprint density at radius 2 is 1.71 bits per heavy atom. The molecular weight excluding hydrogens is 238 g/mol. The van der Waals surface area contributed by atoms with Gasteiger partial charge in [-0.2, -0.15) is 4.99 Å². The summed E-state index contributed by atoms with van der Waals surface area (Å²) in [5.41, 5.74) is 11.9. The van der Waals surface area contributed by atoms with Crippen molar-refractivity contribution < 1.29 is 0 Å². The predicted molar refractivity (Wildman–Crippen MR) is 73.5 cm³/mol. The van der Waals surface area contributed by atoms with E-state index in [0.717, 1.165) is 5.69 Å². The Balaban J connectivity index is 0.00000144. The molecule has 0 unspecified atom stereocenters. The summed E-state index contributed by atoms with van der Waals surface area (Å²) in [7, 11) is 0. The molecule has 0 radical (unpaired) electrons. The quantitative estimate of drug-likeness (QED) is 0.792. The molecule has 5 nitrogen and oxygen atoms in total. The highest BCUT2D eigenvalue weighted by atomic mass is 35.5. The normalized spacial score (nSPS) is 17.9. The number of para-hydroxylation sites is 1. The molecule has 2 rings (SSSR count). The highest BCUT2D eigenvalue weighted by Gasteiger charge is 2.32. The largest absolute Gasteiger partial charge is 0.369 e. The van der Waals surface area contributed by atoms with Crippen LogP contribution in [0.4, 0.5) is 5.69 Å². The third-order valence-corrected chi connectivity index (χ3v) is 2.41. The van der Waals surface area contributed by atoms with Crippen LogP contribution in [-0.2, 0) is 0 Å². The molecule has 1 aromatic carbocycles. The van der Waals surface area contributed by atoms with E-state index in [2.05, 4.69) is 9.98 Å². The van der Waals surface area contributed by atoms with Crippen molar-refractivity contribution in [3.8, 4) is 0 Å². The van der Waals surface area contributed by atoms with Crippen LogP contribution in [0, 0.1) is 0 Å². The lowest BCUT2D eigenvalue weighted by atomic mass is 10.1. The molecule has 92 valence electrons. The van der Waals surface area contributed by atoms with Gasteiger partial charge in [0.2, 0.25) is 11.9 Å². The molecule has 0 atom stereocenters. The molecule has 0 aromatic heterocycles. The Kier molecular flexibility index (Phi) is 3.63. The third-order valence-electron chi connectivity index (χ3n) is 2.41. The van der Waals surface area contributed by atoms with Gasteiger partial charge in [-0.25, -0.2) is 4.99 Å². The summed E-state index contributed by atoms with van der Waals surface area (Å²) < 4.78 is 0. The summed E-state index contributed by atoms with van der Waals surface area (Å²) in [5, 5.41) is 0. The number of anilines is 1. The smallest absolute Gasteiger partial charge is 0.220 e. The lowest BCUT2D eigenvalue weighted by Crippen LogP contribution is -2.54. The molecule has 0 bridgehead atoms. The van der Waals surface area contributed by atoms with Gasteiger partial charge in [0.15, 0.2) is 0 Å². The summed E-state index contributed by atoms with van der Waals surface area (Å²) in [5.74, 6) is 0.582. The first kappa shape index (κ1) is 13.3. The highest BCUT2D eigenvalue weighted by molar-refractivity contribution is 6.05. The molecule has 1 aromatic rings. The minimum absolute atomic E-state index is 0. The molecule has 6 heteroatoms. The van der Waals surface area contributed by atoms with Crippen LogP contribution in [0.2, 0.25) is 0 Å². The number of benzene rings is 1. The number of hydrogen-bond donors (Lipinski definition) is 2. The van der Waals surface area contributed by atoms with Crippen molar-refractivity contribution in [1.82, 2.24) is 0 Å². The maximum atomic E-state index is 5.89. The van der Waals surface area contributed by atoms with Gasteiger partial charge in [-0.15, -0.1) is 12.4 Å². The number of halogens is 1. The van der Waals surface area contributed by atoms with Gasteiger partial charge in [-0.05, 0) is 26.0 Å². The molecule has 0 amide bonds. The van der Waals surface area contributed by atoms with Crippen LogP contribution in [0.15, 0.2) is 40.3 Å². The monoisotopic (exact) mass is 253 g/mol. The van der Waals surface area contributed by atoms with Crippen molar-refractivity contribution in [2.75, 3.05) is 4.90 Å². The van der Waals surface area contributed by atoms with E-state index in [4.69, 9.17) is 11.5 Å². The fourth-order valence-corrected chi connectivity index (χ4v) is 1.83. The van der Waals surface area contributed by atoms with E-state index in [0.29, 0.717) is 5.96 Å². The van der Waals surface area contributed by atoms with Gasteiger partial charge < -0.3 is 11.5 Å². The van der Waals surface area contributed by atoms with Gasteiger partial charge in [0.1, 0.15) is 5.66 Å². The Hall–Kier alpha value is -1.75. The van der Waals surface area contributed by atoms with Crippen LogP contribution < -0.4 is 16.4 Å². The van der Waals surface area contributed by atoms with Gasteiger partial charge in [-0.1, -0.05) is 18.2 Å². The number of aliphatic imine (C=N–C) groups is 2. The molecule has 4 N–H and O–H groups in total. The van der Waals surface area contributed by atoms with Crippen LogP contribution in [0.5, 0.6) is 0 Å². The summed E-state index contributed by atoms with van der Waals surface area (Å²) in [6, 6.07) is 9.76. The molecule has 17 heavy (non-hydrogen) atoms. The summed E-state index contributed by atoms with van der Waals surface area (Å²) in [4.78, 5) is 10.1. The first-order chi connectivity index (χ1) is 7.50. The van der Waals surface area contributed by atoms with E-state index >= 15 is 0 Å². The molecule has 0 aliphatic carbocycles. The minimum Gasteiger partial charge on any atom is -0.369 e. The van der Waals surface area contributed by atoms with Crippen LogP contribution >= 0.6 is 12.4 Å². The second-order valence-electron chi connectivity index (χ2n) is 4.11. The van der Waals surface area contributed by atoms with E-state index in [1.54, 1.807) is 0 Å². The molecule has 1 heterocycles. The zero-order valence-electron chi connectivity index (χ0n) is 9.79. The van der Waals surface area contributed by atoms with Crippen molar-refractivity contribution >= 4 is 30.0 Å². The topological polar surface area (TPSA) is 80.0 Å². The van der Waals surface area contributed by atoms with E-state index in [9.17, 15) is 0 Å². The SMILES string of the molecule is CC1(C)N=C(N)N=C(N)N1c1ccccc1.Cl. The molecule has 1 aliphatic rings. The van der Waals surface area contributed by atoms with Crippen LogP contribution in [-0.4, -0.2) is 17.6 Å². The maximum absolute atomic E-state index is 5.89. The van der Waals surface area contributed by atoms with Crippen molar-refractivity contribution in [3.63, 3.8) is 0 Å². The fourth-order valence-electron chi connectivity index (χ4n) is 1.83. The van der Waals surface area contributed by atoms with E-state index in [-0.39, 0.29) is 18.4 Å². The van der Waals surface area contributed by atoms with Gasteiger partial charge in [0.25, 0.3) is 0 Å². The summed E-state index contributed by atoms with van der Waals surface area (Å²) >= 11 is 0. The second kappa shape index (κ2) is 4.63. The maximum Gasteiger partial charge on any atom is 0.220 e. The molecule has 0 fully saturated rings. The fraction of sp³-hybridized carbons (Fsp3) is 0.273. The average Bonchev–Trinajstić information content (AvgIpc) is 2.15. The Morgan fingerprint density at radius 3 is 2.24 bits per heavy atom. The van der Waals surface area contributed by atoms with Gasteiger partial charge >= 0.3 is 0 Å². The number of rotatable bonds is 1. The van der Waals surface area contributed by atoms with E-state index < -0.39 is 5.66 Å². The highest BCUT2D eigenvalue weighted by Crippen LogP contribution is 2.26. The van der Waals surface area contributed by atoms with Crippen LogP contribution in [0.25, 0.3) is 0 Å². The van der Waals surface area contributed by atoms with Crippen molar-refractivity contribution in [3.05, 3.63) is 30.3 Å². The van der Waals surface area contributed by atoms with Crippen molar-refractivity contribution in [2.45, 2.75) is 19.5 Å². The molecule has 0 saturated carbocycles. The number of nitrogens with zero attached hydrogens (tertiary/aromatic N) is 3. The Bertz CT molecular complexity index is 452. The summed E-state index contributed by atoms with van der Waals surface area (Å²) in [6.07, 6.45) is 0. The van der Waals surface area contributed by atoms with Crippen LogP contribution in [0.1, 0.15) is 13.8 Å². The van der Waals surface area contributed by atoms with E-state index in [1.165, 1.54) is 0 Å². The zero-order valence-corrected chi connectivity index (χ0v) is 10.6. The van der Waals surface area contributed by atoms with Gasteiger partial charge in [-0.3, -0.25) is 4.90 Å². The third kappa shape index (κ3) is 2.50. The average molecular weight is 254 g/mol. The predicted octanol–water partition coefficient (Wildman–Crippen LogP) is 1.29. The van der Waals surface area contributed by atoms with E-state index in [1.807, 2.05) is 49.1 Å². The first-order valence-corrected chi connectivity index (χ1v) is 5.05. The number of nitrogens with two attached hydrogens (primary N) is 2. The first-order valence-electron chi connectivity index (χ1n) is 5.05. The molecular formula is C11H16ClN5. The van der Waals surface area contributed by atoms with Gasteiger partial charge in [0.05, 0.1) is 0 Å². The zero-order chi connectivity index (χ0) is 11.8. The van der Waals surface area contributed by atoms with Crippen molar-refractivity contribution in [1.29, 1.82) is 0 Å². The second-order valence-corrected chi connectivity index (χ2v) is 4.11. The Labute approximate surface area is 107 Å². The standard InChI is InChI=1S/C11H15N5.ClH/c1-11(2)15-9(12)14-10(13)16(11)8-6-4-3-5-7-8;/h3-7H,1-2H3,(H4,12,13,14,15);1H. The molecule has 1 aliphatic heterocycles. The molecule has 0 spiro atoms. The lowest BCUT2D eigenvalue weighted by molar-refractivity contribution is 0.534.